The summed E-state index contributed by atoms with van der Waals surface area (Å²) in [4.78, 5) is 25.3. The Morgan fingerprint density at radius 1 is 1.40 bits per heavy atom. The molecule has 1 aromatic heterocycles. The number of aromatic nitrogens is 3. The molecule has 132 valence electrons. The molecule has 1 saturated heterocycles. The fourth-order valence-corrected chi connectivity index (χ4v) is 3.17. The van der Waals surface area contributed by atoms with E-state index in [0.717, 1.165) is 0 Å². The Kier molecular flexibility index (Phi) is 5.00. The highest BCUT2D eigenvalue weighted by Gasteiger charge is 2.37. The molecule has 2 unspecified atom stereocenters. The maximum atomic E-state index is 12.8. The van der Waals surface area contributed by atoms with E-state index in [9.17, 15) is 9.59 Å². The third-order valence-corrected chi connectivity index (χ3v) is 4.51. The molecular weight excluding hydrogens is 348 g/mol. The van der Waals surface area contributed by atoms with E-state index in [4.69, 9.17) is 21.4 Å². The van der Waals surface area contributed by atoms with Gasteiger partial charge in [-0.2, -0.15) is 0 Å². The lowest BCUT2D eigenvalue weighted by Crippen LogP contribution is -2.37. The van der Waals surface area contributed by atoms with Crippen molar-refractivity contribution in [2.75, 3.05) is 13.7 Å². The number of para-hydroxylation sites is 1. The molecule has 2 aromatic rings. The molecule has 8 nitrogen and oxygen atoms in total. The van der Waals surface area contributed by atoms with Gasteiger partial charge in [0.1, 0.15) is 0 Å². The lowest BCUT2D eigenvalue weighted by Gasteiger charge is -2.21. The number of halogens is 1. The Hall–Kier alpha value is -2.45. The Bertz CT molecular complexity index is 794. The molecule has 9 heteroatoms. The van der Waals surface area contributed by atoms with Crippen LogP contribution in [0, 0.1) is 0 Å². The second-order valence-electron chi connectivity index (χ2n) is 5.80. The lowest BCUT2D eigenvalue weighted by molar-refractivity contribution is -0.138. The molecule has 1 N–H and O–H groups in total. The molecule has 0 radical (unpaired) electrons. The molecule has 0 saturated carbocycles. The number of benzene rings is 1. The van der Waals surface area contributed by atoms with Gasteiger partial charge in [-0.25, -0.2) is 4.68 Å². The molecule has 3 rings (SSSR count). The van der Waals surface area contributed by atoms with Gasteiger partial charge in [0, 0.05) is 19.7 Å². The van der Waals surface area contributed by atoms with Gasteiger partial charge >= 0.3 is 5.97 Å². The van der Waals surface area contributed by atoms with Crippen molar-refractivity contribution in [1.29, 1.82) is 0 Å². The first-order valence-corrected chi connectivity index (χ1v) is 8.10. The van der Waals surface area contributed by atoms with Crippen molar-refractivity contribution in [3.63, 3.8) is 0 Å². The van der Waals surface area contributed by atoms with E-state index in [1.807, 2.05) is 0 Å². The molecule has 1 aliphatic rings. The SMILES string of the molecule is COC1CC(CC(=O)O)N(C(=O)c2cn(-c3ccccc3Cl)nn2)C1. The molecular formula is C16H17ClN4O4. The first-order chi connectivity index (χ1) is 12.0. The number of ether oxygens (including phenoxy) is 1. The van der Waals surface area contributed by atoms with E-state index in [1.54, 1.807) is 31.4 Å². The summed E-state index contributed by atoms with van der Waals surface area (Å²) < 4.78 is 6.71. The van der Waals surface area contributed by atoms with Gasteiger partial charge in [0.15, 0.2) is 5.69 Å². The van der Waals surface area contributed by atoms with E-state index in [-0.39, 0.29) is 24.1 Å². The van der Waals surface area contributed by atoms with Gasteiger partial charge in [0.2, 0.25) is 0 Å². The van der Waals surface area contributed by atoms with E-state index < -0.39 is 12.0 Å². The predicted molar refractivity (Wildman–Crippen MR) is 88.9 cm³/mol. The molecule has 1 aliphatic heterocycles. The number of nitrogens with zero attached hydrogens (tertiary/aromatic N) is 4. The normalized spacial score (nSPS) is 20.0. The van der Waals surface area contributed by atoms with Crippen molar-refractivity contribution in [3.05, 3.63) is 41.2 Å². The van der Waals surface area contributed by atoms with Crippen LogP contribution in [0.2, 0.25) is 5.02 Å². The number of hydrogen-bond donors (Lipinski definition) is 1. The van der Waals surface area contributed by atoms with Crippen molar-refractivity contribution in [2.45, 2.75) is 25.0 Å². The number of likely N-dealkylation sites (tertiary alicyclic amines) is 1. The number of carbonyl (C=O) groups excluding carboxylic acids is 1. The van der Waals surface area contributed by atoms with Crippen LogP contribution in [0.25, 0.3) is 5.69 Å². The summed E-state index contributed by atoms with van der Waals surface area (Å²) in [5.74, 6) is -1.33. The van der Waals surface area contributed by atoms with Crippen molar-refractivity contribution in [3.8, 4) is 5.69 Å². The standard InChI is InChI=1S/C16H17ClN4O4/c1-25-11-6-10(7-15(22)23)20(8-11)16(24)13-9-21(19-18-13)14-5-3-2-4-12(14)17/h2-5,9-11H,6-8H2,1H3,(H,22,23). The van der Waals surface area contributed by atoms with E-state index in [0.29, 0.717) is 23.7 Å². The molecule has 2 heterocycles. The van der Waals surface area contributed by atoms with Crippen LogP contribution in [0.15, 0.2) is 30.5 Å². The highest BCUT2D eigenvalue weighted by Crippen LogP contribution is 2.25. The number of aliphatic carboxylic acids is 1. The molecule has 0 aliphatic carbocycles. The van der Waals surface area contributed by atoms with Gasteiger partial charge in [-0.1, -0.05) is 28.9 Å². The van der Waals surface area contributed by atoms with Crippen LogP contribution in [0.3, 0.4) is 0 Å². The maximum Gasteiger partial charge on any atom is 0.305 e. The zero-order valence-corrected chi connectivity index (χ0v) is 14.3. The second-order valence-corrected chi connectivity index (χ2v) is 6.21. The number of carbonyl (C=O) groups is 2. The van der Waals surface area contributed by atoms with E-state index in [2.05, 4.69) is 10.3 Å². The summed E-state index contributed by atoms with van der Waals surface area (Å²) in [6.07, 6.45) is 1.64. The summed E-state index contributed by atoms with van der Waals surface area (Å²) in [5, 5.41) is 17.4. The highest BCUT2D eigenvalue weighted by molar-refractivity contribution is 6.32. The van der Waals surface area contributed by atoms with Crippen LogP contribution < -0.4 is 0 Å². The number of rotatable bonds is 5. The van der Waals surface area contributed by atoms with Gasteiger partial charge in [-0.05, 0) is 18.6 Å². The molecule has 0 spiro atoms. The molecule has 1 fully saturated rings. The van der Waals surface area contributed by atoms with Crippen LogP contribution in [-0.4, -0.2) is 62.7 Å². The summed E-state index contributed by atoms with van der Waals surface area (Å²) in [6.45, 7) is 0.326. The fraction of sp³-hybridized carbons (Fsp3) is 0.375. The monoisotopic (exact) mass is 364 g/mol. The van der Waals surface area contributed by atoms with Crippen LogP contribution in [0.4, 0.5) is 0 Å². The third kappa shape index (κ3) is 3.64. The van der Waals surface area contributed by atoms with Crippen molar-refractivity contribution < 1.29 is 19.4 Å². The molecule has 1 amide bonds. The largest absolute Gasteiger partial charge is 0.481 e. The van der Waals surface area contributed by atoms with Crippen molar-refractivity contribution in [1.82, 2.24) is 19.9 Å². The summed E-state index contributed by atoms with van der Waals surface area (Å²) in [7, 11) is 1.55. The summed E-state index contributed by atoms with van der Waals surface area (Å²) in [6, 6.07) is 6.64. The zero-order chi connectivity index (χ0) is 18.0. The summed E-state index contributed by atoms with van der Waals surface area (Å²) >= 11 is 6.13. The Morgan fingerprint density at radius 2 is 2.16 bits per heavy atom. The Balaban J connectivity index is 1.83. The maximum absolute atomic E-state index is 12.8. The minimum atomic E-state index is -0.959. The minimum absolute atomic E-state index is 0.132. The molecule has 1 aromatic carbocycles. The molecule has 0 bridgehead atoms. The van der Waals surface area contributed by atoms with Gasteiger partial charge in [-0.3, -0.25) is 9.59 Å². The lowest BCUT2D eigenvalue weighted by atomic mass is 10.1. The smallest absolute Gasteiger partial charge is 0.305 e. The number of carboxylic acid groups (broad SMARTS) is 1. The first kappa shape index (κ1) is 17.4. The summed E-state index contributed by atoms with van der Waals surface area (Å²) in [5.41, 5.74) is 0.737. The average molecular weight is 365 g/mol. The van der Waals surface area contributed by atoms with Gasteiger partial charge < -0.3 is 14.7 Å². The fourth-order valence-electron chi connectivity index (χ4n) is 2.95. The van der Waals surface area contributed by atoms with Crippen LogP contribution in [-0.2, 0) is 9.53 Å². The van der Waals surface area contributed by atoms with E-state index >= 15 is 0 Å². The number of amides is 1. The molecule has 2 atom stereocenters. The van der Waals surface area contributed by atoms with Crippen molar-refractivity contribution >= 4 is 23.5 Å². The van der Waals surface area contributed by atoms with Crippen LogP contribution >= 0.6 is 11.6 Å². The van der Waals surface area contributed by atoms with Crippen LogP contribution in [0.5, 0.6) is 0 Å². The number of methoxy groups -OCH3 is 1. The van der Waals surface area contributed by atoms with Gasteiger partial charge in [0.05, 0.1) is 29.4 Å². The Labute approximate surface area is 148 Å². The minimum Gasteiger partial charge on any atom is -0.481 e. The molecule has 25 heavy (non-hydrogen) atoms. The third-order valence-electron chi connectivity index (χ3n) is 4.19. The predicted octanol–water partition coefficient (Wildman–Crippen LogP) is 1.62. The first-order valence-electron chi connectivity index (χ1n) is 7.72. The van der Waals surface area contributed by atoms with E-state index in [1.165, 1.54) is 15.8 Å². The number of hydrogen-bond acceptors (Lipinski definition) is 5. The topological polar surface area (TPSA) is 97.6 Å². The van der Waals surface area contributed by atoms with Gasteiger partial charge in [-0.15, -0.1) is 5.10 Å². The number of carboxylic acids is 1. The zero-order valence-electron chi connectivity index (χ0n) is 13.5. The highest BCUT2D eigenvalue weighted by atomic mass is 35.5. The average Bonchev–Trinajstić information content (AvgIpc) is 3.21. The van der Waals surface area contributed by atoms with Crippen LogP contribution in [0.1, 0.15) is 23.3 Å². The van der Waals surface area contributed by atoms with Crippen molar-refractivity contribution in [2.24, 2.45) is 0 Å². The van der Waals surface area contributed by atoms with Gasteiger partial charge in [0.25, 0.3) is 5.91 Å². The Morgan fingerprint density at radius 3 is 2.84 bits per heavy atom. The quantitative estimate of drug-likeness (QED) is 0.865. The second kappa shape index (κ2) is 7.20.